The molecule has 0 bridgehead atoms. The molecule has 34 heteroatoms. The fourth-order valence-corrected chi connectivity index (χ4v) is 11.8. The Morgan fingerprint density at radius 3 is 1.48 bits per heavy atom. The van der Waals surface area contributed by atoms with Crippen LogP contribution in [-0.2, 0) is 85.0 Å². The summed E-state index contributed by atoms with van der Waals surface area (Å²) in [7, 11) is -3.55. The Morgan fingerprint density at radius 2 is 1.00 bits per heavy atom. The number of aliphatic imine (C=N–C) groups is 1. The van der Waals surface area contributed by atoms with Crippen molar-refractivity contribution in [3.8, 4) is 0 Å². The molecule has 2 aromatic rings. The van der Waals surface area contributed by atoms with Gasteiger partial charge in [0, 0.05) is 51.6 Å². The van der Waals surface area contributed by atoms with Crippen LogP contribution < -0.4 is 82.7 Å². The van der Waals surface area contributed by atoms with E-state index in [2.05, 4.69) is 47.5 Å². The Hall–Kier alpha value is -9.31. The molecule has 0 radical (unpaired) electrons. The highest BCUT2D eigenvalue weighted by molar-refractivity contribution is 7.90. The third-order valence-corrected chi connectivity index (χ3v) is 17.2. The second kappa shape index (κ2) is 40.3. The van der Waals surface area contributed by atoms with E-state index < -0.39 is 185 Å². The van der Waals surface area contributed by atoms with Gasteiger partial charge in [-0.25, -0.2) is 8.42 Å². The van der Waals surface area contributed by atoms with Crippen LogP contribution in [0, 0.1) is 5.92 Å². The lowest BCUT2D eigenvalue weighted by molar-refractivity contribution is -0.144. The average Bonchev–Trinajstić information content (AvgIpc) is 1.75. The molecule has 0 aliphatic carbocycles. The fraction of sp³-hybridized carbons (Fsp3) is 0.587. The van der Waals surface area contributed by atoms with E-state index in [4.69, 9.17) is 40.1 Å². The lowest BCUT2D eigenvalue weighted by Crippen LogP contribution is -2.60. The predicted molar refractivity (Wildman–Crippen MR) is 357 cm³/mol. The van der Waals surface area contributed by atoms with Crippen molar-refractivity contribution >= 4 is 92.6 Å². The summed E-state index contributed by atoms with van der Waals surface area (Å²) in [5.74, 6) is -11.7. The summed E-state index contributed by atoms with van der Waals surface area (Å²) in [6, 6.07) is 3.53. The van der Waals surface area contributed by atoms with Crippen LogP contribution in [0.5, 0.6) is 0 Å². The van der Waals surface area contributed by atoms with E-state index >= 15 is 0 Å². The molecule has 0 aromatic heterocycles. The molecule has 33 nitrogen and oxygen atoms in total. The number of nitrogens with two attached hydrogens (primary N) is 7. The lowest BCUT2D eigenvalue weighted by atomic mass is 10.0. The van der Waals surface area contributed by atoms with Crippen LogP contribution in [-0.4, -0.2) is 206 Å². The number of unbranched alkanes of at least 4 members (excludes halogenated alkanes) is 1. The number of likely N-dealkylation sites (tertiary alicyclic amines) is 2. The number of amides is 13. The van der Waals surface area contributed by atoms with Gasteiger partial charge >= 0.3 is 0 Å². The van der Waals surface area contributed by atoms with Crippen LogP contribution in [0.1, 0.15) is 121 Å². The number of benzene rings is 2. The summed E-state index contributed by atoms with van der Waals surface area (Å²) in [6.45, 7) is 3.60. The third kappa shape index (κ3) is 28.5. The second-order valence-corrected chi connectivity index (χ2v) is 27.0. The zero-order valence-corrected chi connectivity index (χ0v) is 56.1. The Kier molecular flexibility index (Phi) is 33.3. The van der Waals surface area contributed by atoms with E-state index in [0.29, 0.717) is 49.7 Å². The van der Waals surface area contributed by atoms with Gasteiger partial charge in [0.1, 0.15) is 64.2 Å². The Bertz CT molecular complexity index is 3200. The number of hydrogen-bond acceptors (Lipinski definition) is 18. The van der Waals surface area contributed by atoms with E-state index in [1.54, 1.807) is 74.5 Å². The highest BCUT2D eigenvalue weighted by Gasteiger charge is 2.42. The van der Waals surface area contributed by atoms with Crippen LogP contribution in [0.3, 0.4) is 0 Å². The summed E-state index contributed by atoms with van der Waals surface area (Å²) in [5.41, 5.74) is 40.4. The minimum absolute atomic E-state index is 0.0473. The second-order valence-electron chi connectivity index (χ2n) is 24.8. The van der Waals surface area contributed by atoms with Crippen molar-refractivity contribution in [1.29, 1.82) is 0 Å². The first-order valence-electron chi connectivity index (χ1n) is 32.5. The van der Waals surface area contributed by atoms with E-state index in [1.165, 1.54) is 9.80 Å². The molecule has 2 aliphatic heterocycles. The summed E-state index contributed by atoms with van der Waals surface area (Å²) < 4.78 is 23.6. The van der Waals surface area contributed by atoms with E-state index in [1.807, 2.05) is 0 Å². The first-order chi connectivity index (χ1) is 45.9. The number of carbonyl (C=O) groups excluding carboxylic acids is 13. The van der Waals surface area contributed by atoms with Gasteiger partial charge in [-0.2, -0.15) is 0 Å². The van der Waals surface area contributed by atoms with Gasteiger partial charge in [0.25, 0.3) is 0 Å². The van der Waals surface area contributed by atoms with Crippen molar-refractivity contribution in [3.63, 3.8) is 0 Å². The molecule has 13 amide bonds. The van der Waals surface area contributed by atoms with Gasteiger partial charge in [-0.05, 0) is 107 Å². The van der Waals surface area contributed by atoms with Gasteiger partial charge in [0.2, 0.25) is 76.8 Å². The van der Waals surface area contributed by atoms with Crippen LogP contribution in [0.2, 0.25) is 0 Å². The van der Waals surface area contributed by atoms with Gasteiger partial charge in [0.15, 0.2) is 5.96 Å². The summed E-state index contributed by atoms with van der Waals surface area (Å²) in [5, 5.41) is 20.6. The molecule has 4 rings (SSSR count). The number of guanidine groups is 1. The van der Waals surface area contributed by atoms with Gasteiger partial charge in [0.05, 0.1) is 18.3 Å². The minimum Gasteiger partial charge on any atom is -0.370 e. The number of sulfone groups is 1. The topological polar surface area (TPSA) is 553 Å². The van der Waals surface area contributed by atoms with Crippen LogP contribution >= 0.6 is 0 Å². The van der Waals surface area contributed by atoms with Crippen LogP contribution in [0.15, 0.2) is 65.7 Å². The molecule has 22 N–H and O–H groups in total. The van der Waals surface area contributed by atoms with E-state index in [9.17, 15) is 70.7 Å². The monoisotopic (exact) mass is 1380 g/mol. The molecule has 2 fully saturated rings. The Balaban J connectivity index is 1.57. The normalized spacial score (nSPS) is 16.9. The summed E-state index contributed by atoms with van der Waals surface area (Å²) >= 11 is 0. The summed E-state index contributed by atoms with van der Waals surface area (Å²) in [6.07, 6.45) is 1.29. The van der Waals surface area contributed by atoms with Gasteiger partial charge < -0.3 is 92.5 Å². The molecule has 0 saturated carbocycles. The number of carbonyl (C=O) groups is 13. The third-order valence-electron chi connectivity index (χ3n) is 16.2. The maximum absolute atomic E-state index is 14.7. The molecule has 2 aromatic carbocycles. The zero-order chi connectivity index (χ0) is 71.9. The molecular formula is C63H98N18O15S. The largest absolute Gasteiger partial charge is 0.370 e. The first-order valence-corrected chi connectivity index (χ1v) is 34.6. The molecular weight excluding hydrogens is 1280 g/mol. The number of primary amides is 3. The van der Waals surface area contributed by atoms with Crippen molar-refractivity contribution in [2.24, 2.45) is 51.0 Å². The molecule has 10 atom stereocenters. The fourth-order valence-electron chi connectivity index (χ4n) is 11.1. The van der Waals surface area contributed by atoms with Crippen molar-refractivity contribution < 1.29 is 70.7 Å². The average molecular weight is 1380 g/mol. The SMILES string of the molecule is CC(C)C[C@H](NC(=O)CNC(=O)[C@H](Cc1ccccc1)NC(=O)[C@H](Cc1ccccc1)NC(=O)[C@H](CCC(N)=O)NC(=O)[C@H](CCC(N)=O)NC(=O)[C@@H]1CCCN1C(=O)[C@H](CCCCN)NC(=O)[C@@H]1CCCN1C(=O)[C@@H](N)CCCN=C(N)N)C(=O)N[C@@H](CCS(C)(=O)=O)C(N)=O. The number of nitrogens with one attached hydrogen (secondary N) is 8. The van der Waals surface area contributed by atoms with Gasteiger partial charge in [-0.3, -0.25) is 67.3 Å². The molecule has 97 heavy (non-hydrogen) atoms. The molecule has 2 aliphatic rings. The molecule has 536 valence electrons. The van der Waals surface area contributed by atoms with Crippen molar-refractivity contribution in [3.05, 3.63) is 71.8 Å². The maximum Gasteiger partial charge on any atom is 0.245 e. The van der Waals surface area contributed by atoms with Crippen molar-refractivity contribution in [2.75, 3.05) is 44.7 Å². The molecule has 2 heterocycles. The number of rotatable bonds is 42. The van der Waals surface area contributed by atoms with E-state index in [0.717, 1.165) is 6.26 Å². The number of hydrogen-bond donors (Lipinski definition) is 15. The highest BCUT2D eigenvalue weighted by atomic mass is 32.2. The minimum atomic E-state index is -3.55. The predicted octanol–water partition coefficient (Wildman–Crippen LogP) is -5.03. The van der Waals surface area contributed by atoms with Gasteiger partial charge in [-0.1, -0.05) is 74.5 Å². The van der Waals surface area contributed by atoms with Crippen molar-refractivity contribution in [1.82, 2.24) is 52.3 Å². The first kappa shape index (κ1) is 80.1. The molecule has 2 saturated heterocycles. The zero-order valence-electron chi connectivity index (χ0n) is 55.3. The Morgan fingerprint density at radius 1 is 0.536 bits per heavy atom. The summed E-state index contributed by atoms with van der Waals surface area (Å²) in [4.78, 5) is 185. The number of nitrogens with zero attached hydrogens (tertiary/aromatic N) is 3. The maximum atomic E-state index is 14.7. The van der Waals surface area contributed by atoms with Crippen molar-refractivity contribution in [2.45, 2.75) is 183 Å². The van der Waals surface area contributed by atoms with E-state index in [-0.39, 0.29) is 83.0 Å². The van der Waals surface area contributed by atoms with Crippen LogP contribution in [0.25, 0.3) is 0 Å². The lowest BCUT2D eigenvalue weighted by Gasteiger charge is -2.32. The Labute approximate surface area is 564 Å². The highest BCUT2D eigenvalue weighted by Crippen LogP contribution is 2.24. The quantitative estimate of drug-likeness (QED) is 0.0168. The molecule has 0 spiro atoms. The smallest absolute Gasteiger partial charge is 0.245 e. The van der Waals surface area contributed by atoms with Gasteiger partial charge in [-0.15, -0.1) is 0 Å². The standard InChI is InChI=1S/C63H98N18O15S/c1-37(2)33-45(57(89)74-41(53(68)85)27-32-97(3,95)96)73-52(84)36-72-54(86)46(34-38-15-6-4-7-16-38)78-58(90)47(35-39-17-8-5-9-18-39)79-56(88)42(23-25-50(66)82)75-55(87)43(24-26-51(67)83)76-59(91)49-22-14-31-81(49)62(94)44(20-10-11-28-64)77-60(92)48-21-13-30-80(48)61(93)40(65)19-12-29-71-63(69)70/h4-9,15-18,37,40-49H,10-14,19-36,64-65H2,1-3H3,(H2,66,82)(H2,67,83)(H2,68,85)(H,72,86)(H,73,84)(H,74,89)(H,75,87)(H,76,91)(H,77,92)(H,78,90)(H,79,88)(H4,69,70,71)/t40-,41-,42-,43-,44-,45-,46-,47-,48-,49-/m0/s1. The van der Waals surface area contributed by atoms with Crippen LogP contribution in [0.4, 0.5) is 0 Å². The molecule has 0 unspecified atom stereocenters.